The highest BCUT2D eigenvalue weighted by Crippen LogP contribution is 2.35. The van der Waals surface area contributed by atoms with Gasteiger partial charge >= 0.3 is 5.97 Å². The van der Waals surface area contributed by atoms with Crippen LogP contribution in [0.2, 0.25) is 0 Å². The van der Waals surface area contributed by atoms with Crippen molar-refractivity contribution in [3.63, 3.8) is 0 Å². The van der Waals surface area contributed by atoms with E-state index in [4.69, 9.17) is 4.74 Å². The molecule has 88 valence electrons. The number of carbonyl (C=O) groups excluding carboxylic acids is 1. The maximum absolute atomic E-state index is 11.6. The van der Waals surface area contributed by atoms with Gasteiger partial charge in [-0.05, 0) is 38.5 Å². The van der Waals surface area contributed by atoms with Gasteiger partial charge in [-0.15, -0.1) is 0 Å². The molecule has 0 bridgehead atoms. The molecule has 0 amide bonds. The van der Waals surface area contributed by atoms with Gasteiger partial charge in [0.2, 0.25) is 0 Å². The Labute approximate surface area is 93.4 Å². The fourth-order valence-corrected chi connectivity index (χ4v) is 2.51. The maximum Gasteiger partial charge on any atom is 0.306 e. The van der Waals surface area contributed by atoms with Crippen molar-refractivity contribution in [3.8, 4) is 0 Å². The lowest BCUT2D eigenvalue weighted by molar-refractivity contribution is -0.162. The average molecular weight is 212 g/mol. The third kappa shape index (κ3) is 4.23. The highest BCUT2D eigenvalue weighted by atomic mass is 16.6. The van der Waals surface area contributed by atoms with Gasteiger partial charge < -0.3 is 4.74 Å². The standard InChI is InChI=1S/C13H24O2/c1-4-5-8-12(14)15-13(3)9-6-7-11(2)10-13/h11H,4-10H2,1-3H3. The molecule has 1 saturated carbocycles. The van der Waals surface area contributed by atoms with E-state index >= 15 is 0 Å². The van der Waals surface area contributed by atoms with Gasteiger partial charge in [0.1, 0.15) is 5.60 Å². The highest BCUT2D eigenvalue weighted by Gasteiger charge is 2.33. The summed E-state index contributed by atoms with van der Waals surface area (Å²) in [6.07, 6.45) is 7.13. The van der Waals surface area contributed by atoms with E-state index in [2.05, 4.69) is 20.8 Å². The molecule has 0 aromatic heterocycles. The number of unbranched alkanes of at least 4 members (excludes halogenated alkanes) is 1. The van der Waals surface area contributed by atoms with Gasteiger partial charge in [-0.25, -0.2) is 0 Å². The van der Waals surface area contributed by atoms with Crippen LogP contribution in [0.15, 0.2) is 0 Å². The topological polar surface area (TPSA) is 26.3 Å². The van der Waals surface area contributed by atoms with E-state index in [9.17, 15) is 4.79 Å². The first-order chi connectivity index (χ1) is 7.06. The second kappa shape index (κ2) is 5.53. The first kappa shape index (κ1) is 12.5. The molecule has 2 unspecified atom stereocenters. The summed E-state index contributed by atoms with van der Waals surface area (Å²) >= 11 is 0. The summed E-state index contributed by atoms with van der Waals surface area (Å²) in [6, 6.07) is 0. The number of hydrogen-bond acceptors (Lipinski definition) is 2. The van der Waals surface area contributed by atoms with Crippen LogP contribution in [0.3, 0.4) is 0 Å². The van der Waals surface area contributed by atoms with Crippen LogP contribution in [0, 0.1) is 5.92 Å². The van der Waals surface area contributed by atoms with E-state index in [1.165, 1.54) is 12.8 Å². The molecule has 2 heteroatoms. The van der Waals surface area contributed by atoms with Crippen molar-refractivity contribution in [2.24, 2.45) is 5.92 Å². The predicted octanol–water partition coefficient (Wildman–Crippen LogP) is 3.69. The quantitative estimate of drug-likeness (QED) is 0.664. The molecule has 1 fully saturated rings. The summed E-state index contributed by atoms with van der Waals surface area (Å²) in [5, 5.41) is 0. The zero-order valence-corrected chi connectivity index (χ0v) is 10.3. The minimum Gasteiger partial charge on any atom is -0.459 e. The molecular weight excluding hydrogens is 188 g/mol. The van der Waals surface area contributed by atoms with E-state index in [-0.39, 0.29) is 11.6 Å². The molecule has 0 N–H and O–H groups in total. The Morgan fingerprint density at radius 2 is 2.27 bits per heavy atom. The normalized spacial score (nSPS) is 31.3. The average Bonchev–Trinajstić information content (AvgIpc) is 2.13. The number of rotatable bonds is 4. The zero-order valence-electron chi connectivity index (χ0n) is 10.3. The SMILES string of the molecule is CCCCC(=O)OC1(C)CCCC(C)C1. The zero-order chi connectivity index (χ0) is 11.3. The van der Waals surface area contributed by atoms with Crippen molar-refractivity contribution in [1.29, 1.82) is 0 Å². The number of hydrogen-bond donors (Lipinski definition) is 0. The van der Waals surface area contributed by atoms with Crippen molar-refractivity contribution >= 4 is 5.97 Å². The second-order valence-corrected chi connectivity index (χ2v) is 5.23. The maximum atomic E-state index is 11.6. The van der Waals surface area contributed by atoms with Gasteiger partial charge in [-0.1, -0.05) is 26.7 Å². The molecule has 0 aromatic rings. The van der Waals surface area contributed by atoms with Crippen LogP contribution in [0.5, 0.6) is 0 Å². The molecule has 0 aliphatic heterocycles. The molecule has 0 saturated heterocycles. The number of carbonyl (C=O) groups is 1. The van der Waals surface area contributed by atoms with Crippen LogP contribution >= 0.6 is 0 Å². The van der Waals surface area contributed by atoms with Crippen LogP contribution in [0.1, 0.15) is 65.7 Å². The monoisotopic (exact) mass is 212 g/mol. The van der Waals surface area contributed by atoms with Crippen LogP contribution in [-0.2, 0) is 9.53 Å². The van der Waals surface area contributed by atoms with Crippen LogP contribution in [0.4, 0.5) is 0 Å². The van der Waals surface area contributed by atoms with Gasteiger partial charge in [0, 0.05) is 6.42 Å². The Morgan fingerprint density at radius 3 is 2.87 bits per heavy atom. The molecule has 0 radical (unpaired) electrons. The van der Waals surface area contributed by atoms with Crippen LogP contribution in [0.25, 0.3) is 0 Å². The molecular formula is C13H24O2. The summed E-state index contributed by atoms with van der Waals surface area (Å²) in [5.41, 5.74) is -0.178. The van der Waals surface area contributed by atoms with E-state index < -0.39 is 0 Å². The molecule has 2 atom stereocenters. The lowest BCUT2D eigenvalue weighted by atomic mass is 9.80. The summed E-state index contributed by atoms with van der Waals surface area (Å²) in [5.74, 6) is 0.691. The molecule has 0 aromatic carbocycles. The third-order valence-electron chi connectivity index (χ3n) is 3.28. The Balaban J connectivity index is 2.37. The summed E-state index contributed by atoms with van der Waals surface area (Å²) in [7, 11) is 0. The second-order valence-electron chi connectivity index (χ2n) is 5.23. The van der Waals surface area contributed by atoms with Gasteiger partial charge in [0.15, 0.2) is 0 Å². The van der Waals surface area contributed by atoms with Crippen molar-refractivity contribution in [2.45, 2.75) is 71.3 Å². The van der Waals surface area contributed by atoms with Crippen molar-refractivity contribution in [3.05, 3.63) is 0 Å². The fraction of sp³-hybridized carbons (Fsp3) is 0.923. The fourth-order valence-electron chi connectivity index (χ4n) is 2.51. The molecule has 1 aliphatic carbocycles. The highest BCUT2D eigenvalue weighted by molar-refractivity contribution is 5.69. The largest absolute Gasteiger partial charge is 0.459 e. The lowest BCUT2D eigenvalue weighted by Gasteiger charge is -2.36. The van der Waals surface area contributed by atoms with Crippen LogP contribution < -0.4 is 0 Å². The minimum absolute atomic E-state index is 0.00606. The Bertz CT molecular complexity index is 213. The lowest BCUT2D eigenvalue weighted by Crippen LogP contribution is -2.36. The number of esters is 1. The van der Waals surface area contributed by atoms with Gasteiger partial charge in [0.05, 0.1) is 0 Å². The van der Waals surface area contributed by atoms with Crippen molar-refractivity contribution in [1.82, 2.24) is 0 Å². The van der Waals surface area contributed by atoms with E-state index in [1.807, 2.05) is 0 Å². The smallest absolute Gasteiger partial charge is 0.306 e. The first-order valence-electron chi connectivity index (χ1n) is 6.27. The Morgan fingerprint density at radius 1 is 1.53 bits per heavy atom. The van der Waals surface area contributed by atoms with Crippen LogP contribution in [-0.4, -0.2) is 11.6 Å². The molecule has 1 aliphatic rings. The summed E-state index contributed by atoms with van der Waals surface area (Å²) in [4.78, 5) is 11.6. The Kier molecular flexibility index (Phi) is 4.62. The Hall–Kier alpha value is -0.530. The van der Waals surface area contributed by atoms with Gasteiger partial charge in [-0.2, -0.15) is 0 Å². The third-order valence-corrected chi connectivity index (χ3v) is 3.28. The van der Waals surface area contributed by atoms with Crippen molar-refractivity contribution in [2.75, 3.05) is 0 Å². The molecule has 0 spiro atoms. The summed E-state index contributed by atoms with van der Waals surface area (Å²) in [6.45, 7) is 6.43. The predicted molar refractivity (Wildman–Crippen MR) is 61.7 cm³/mol. The summed E-state index contributed by atoms with van der Waals surface area (Å²) < 4.78 is 5.61. The molecule has 15 heavy (non-hydrogen) atoms. The molecule has 2 nitrogen and oxygen atoms in total. The molecule has 0 heterocycles. The first-order valence-corrected chi connectivity index (χ1v) is 6.27. The van der Waals surface area contributed by atoms with Crippen molar-refractivity contribution < 1.29 is 9.53 Å². The number of ether oxygens (including phenoxy) is 1. The minimum atomic E-state index is -0.178. The van der Waals surface area contributed by atoms with E-state index in [0.717, 1.165) is 25.7 Å². The molecule has 1 rings (SSSR count). The van der Waals surface area contributed by atoms with E-state index in [1.54, 1.807) is 0 Å². The van der Waals surface area contributed by atoms with Gasteiger partial charge in [-0.3, -0.25) is 4.79 Å². The van der Waals surface area contributed by atoms with Gasteiger partial charge in [0.25, 0.3) is 0 Å². The van der Waals surface area contributed by atoms with E-state index in [0.29, 0.717) is 12.3 Å².